The summed E-state index contributed by atoms with van der Waals surface area (Å²) in [7, 11) is -3.47. The first-order chi connectivity index (χ1) is 10.4. The minimum atomic E-state index is -3.47. The predicted molar refractivity (Wildman–Crippen MR) is 78.9 cm³/mol. The van der Waals surface area contributed by atoms with Crippen LogP contribution in [0.4, 0.5) is 0 Å². The first-order valence-corrected chi connectivity index (χ1v) is 9.03. The first kappa shape index (κ1) is 15.2. The molecule has 0 aromatic heterocycles. The van der Waals surface area contributed by atoms with Crippen molar-refractivity contribution in [3.05, 3.63) is 35.4 Å². The molecule has 1 aromatic rings. The molecular formula is C15H17NO5S. The molecule has 0 unspecified atom stereocenters. The maximum absolute atomic E-state index is 12.4. The van der Waals surface area contributed by atoms with Crippen LogP contribution in [0, 0.1) is 0 Å². The van der Waals surface area contributed by atoms with Gasteiger partial charge in [0.25, 0.3) is 21.9 Å². The maximum atomic E-state index is 12.4. The number of imide groups is 1. The number of hydrogen-bond donors (Lipinski definition) is 0. The lowest BCUT2D eigenvalue weighted by molar-refractivity contribution is 0.0483. The summed E-state index contributed by atoms with van der Waals surface area (Å²) in [4.78, 5) is 26.1. The lowest BCUT2D eigenvalue weighted by Crippen LogP contribution is -2.43. The molecule has 6 nitrogen and oxygen atoms in total. The Balaban J connectivity index is 1.71. The molecule has 0 atom stereocenters. The minimum absolute atomic E-state index is 0.188. The highest BCUT2D eigenvalue weighted by Crippen LogP contribution is 2.32. The van der Waals surface area contributed by atoms with Crippen molar-refractivity contribution in [2.45, 2.75) is 37.8 Å². The summed E-state index contributed by atoms with van der Waals surface area (Å²) in [5.74, 6) is -0.513. The molecule has 1 aromatic carbocycles. The molecule has 0 bridgehead atoms. The highest BCUT2D eigenvalue weighted by molar-refractivity contribution is 7.86. The van der Waals surface area contributed by atoms with E-state index in [1.165, 1.54) is 4.90 Å². The van der Waals surface area contributed by atoms with E-state index in [-0.39, 0.29) is 24.0 Å². The second-order valence-corrected chi connectivity index (χ2v) is 7.36. The fourth-order valence-electron chi connectivity index (χ4n) is 3.19. The summed E-state index contributed by atoms with van der Waals surface area (Å²) < 4.78 is 27.3. The van der Waals surface area contributed by atoms with Gasteiger partial charge in [0.05, 0.1) is 23.5 Å². The molecule has 0 saturated heterocycles. The molecule has 0 spiro atoms. The number of carbonyl (C=O) groups is 2. The van der Waals surface area contributed by atoms with Crippen molar-refractivity contribution in [3.8, 4) is 0 Å². The van der Waals surface area contributed by atoms with Crippen molar-refractivity contribution in [2.24, 2.45) is 0 Å². The van der Waals surface area contributed by atoms with Gasteiger partial charge >= 0.3 is 0 Å². The quantitative estimate of drug-likeness (QED) is 0.623. The van der Waals surface area contributed by atoms with Crippen LogP contribution in [0.1, 0.15) is 46.4 Å². The molecule has 1 aliphatic heterocycles. The molecule has 0 N–H and O–H groups in total. The van der Waals surface area contributed by atoms with E-state index in [4.69, 9.17) is 4.18 Å². The van der Waals surface area contributed by atoms with Crippen LogP contribution in [0.15, 0.2) is 24.3 Å². The van der Waals surface area contributed by atoms with Gasteiger partial charge in [-0.15, -0.1) is 0 Å². The van der Waals surface area contributed by atoms with Crippen LogP contribution in [-0.2, 0) is 14.3 Å². The summed E-state index contributed by atoms with van der Waals surface area (Å²) in [6.45, 7) is 0. The molecule has 2 aliphatic rings. The largest absolute Gasteiger partial charge is 0.271 e. The van der Waals surface area contributed by atoms with Crippen LogP contribution in [0.2, 0.25) is 0 Å². The van der Waals surface area contributed by atoms with Gasteiger partial charge in [0.2, 0.25) is 0 Å². The second kappa shape index (κ2) is 5.48. The number of hydrogen-bond acceptors (Lipinski definition) is 5. The number of fused-ring (bicyclic) bond motifs is 1. The molecule has 118 valence electrons. The third-order valence-electron chi connectivity index (χ3n) is 4.15. The monoisotopic (exact) mass is 323 g/mol. The summed E-state index contributed by atoms with van der Waals surface area (Å²) in [6.07, 6.45) is 2.83. The first-order valence-electron chi connectivity index (χ1n) is 7.22. The Morgan fingerprint density at radius 2 is 1.50 bits per heavy atom. The maximum Gasteiger partial charge on any atom is 0.264 e. The Bertz CT molecular complexity index is 684. The van der Waals surface area contributed by atoms with Gasteiger partial charge in [0.15, 0.2) is 0 Å². The highest BCUT2D eigenvalue weighted by Gasteiger charge is 2.41. The Morgan fingerprint density at radius 1 is 1.00 bits per heavy atom. The molecule has 0 radical (unpaired) electrons. The molecule has 1 saturated carbocycles. The van der Waals surface area contributed by atoms with Gasteiger partial charge < -0.3 is 0 Å². The Kier molecular flexibility index (Phi) is 3.78. The Hall–Kier alpha value is -1.73. The number of amides is 2. The molecule has 3 rings (SSSR count). The fourth-order valence-corrected chi connectivity index (χ4v) is 3.87. The zero-order valence-corrected chi connectivity index (χ0v) is 13.0. The molecule has 1 aliphatic carbocycles. The summed E-state index contributed by atoms with van der Waals surface area (Å²) in [5.41, 5.74) is 0.893. The number of nitrogens with zero attached hydrogens (tertiary/aromatic N) is 1. The highest BCUT2D eigenvalue weighted by atomic mass is 32.2. The third-order valence-corrected chi connectivity index (χ3v) is 4.77. The minimum Gasteiger partial charge on any atom is -0.271 e. The molecule has 1 fully saturated rings. The molecule has 2 amide bonds. The van der Waals surface area contributed by atoms with Gasteiger partial charge in [0, 0.05) is 6.04 Å². The van der Waals surface area contributed by atoms with Crippen LogP contribution in [0.25, 0.3) is 0 Å². The summed E-state index contributed by atoms with van der Waals surface area (Å²) in [5, 5.41) is 0. The summed E-state index contributed by atoms with van der Waals surface area (Å²) in [6, 6.07) is 6.61. The zero-order chi connectivity index (χ0) is 15.9. The van der Waals surface area contributed by atoms with Gasteiger partial charge in [0.1, 0.15) is 0 Å². The van der Waals surface area contributed by atoms with Gasteiger partial charge in [-0.25, -0.2) is 0 Å². The zero-order valence-electron chi connectivity index (χ0n) is 12.2. The van der Waals surface area contributed by atoms with Gasteiger partial charge in [-0.3, -0.25) is 18.7 Å². The van der Waals surface area contributed by atoms with Gasteiger partial charge in [-0.2, -0.15) is 8.42 Å². The smallest absolute Gasteiger partial charge is 0.264 e. The van der Waals surface area contributed by atoms with Crippen molar-refractivity contribution < 1.29 is 22.2 Å². The third kappa shape index (κ3) is 2.78. The van der Waals surface area contributed by atoms with Crippen molar-refractivity contribution in [2.75, 3.05) is 6.26 Å². The van der Waals surface area contributed by atoms with Crippen LogP contribution in [-0.4, -0.2) is 43.5 Å². The molecule has 7 heteroatoms. The van der Waals surface area contributed by atoms with Crippen LogP contribution >= 0.6 is 0 Å². The van der Waals surface area contributed by atoms with E-state index in [0.29, 0.717) is 36.8 Å². The lowest BCUT2D eigenvalue weighted by atomic mass is 9.92. The Morgan fingerprint density at radius 3 is 1.95 bits per heavy atom. The van der Waals surface area contributed by atoms with E-state index in [1.807, 2.05) is 0 Å². The van der Waals surface area contributed by atoms with Crippen LogP contribution < -0.4 is 0 Å². The van der Waals surface area contributed by atoms with Crippen molar-refractivity contribution in [3.63, 3.8) is 0 Å². The van der Waals surface area contributed by atoms with Gasteiger partial charge in [-0.1, -0.05) is 12.1 Å². The van der Waals surface area contributed by atoms with Crippen LogP contribution in [0.5, 0.6) is 0 Å². The lowest BCUT2D eigenvalue weighted by Gasteiger charge is -2.32. The van der Waals surface area contributed by atoms with E-state index in [9.17, 15) is 18.0 Å². The average molecular weight is 323 g/mol. The molecule has 22 heavy (non-hydrogen) atoms. The van der Waals surface area contributed by atoms with Crippen molar-refractivity contribution in [1.82, 2.24) is 4.90 Å². The van der Waals surface area contributed by atoms with E-state index in [0.717, 1.165) is 6.26 Å². The van der Waals surface area contributed by atoms with E-state index < -0.39 is 10.1 Å². The fraction of sp³-hybridized carbons (Fsp3) is 0.467. The van der Waals surface area contributed by atoms with Crippen LogP contribution in [0.3, 0.4) is 0 Å². The van der Waals surface area contributed by atoms with Crippen molar-refractivity contribution >= 4 is 21.9 Å². The molecule has 1 heterocycles. The average Bonchev–Trinajstić information content (AvgIpc) is 2.71. The van der Waals surface area contributed by atoms with E-state index in [1.54, 1.807) is 24.3 Å². The van der Waals surface area contributed by atoms with Gasteiger partial charge in [-0.05, 0) is 37.8 Å². The second-order valence-electron chi connectivity index (χ2n) is 5.76. The number of carbonyl (C=O) groups excluding carboxylic acids is 2. The standard InChI is InChI=1S/C15H17NO5S/c1-22(19,20)21-11-8-6-10(7-9-11)16-14(17)12-4-2-3-5-13(12)15(16)18/h2-5,10-11H,6-9H2,1H3/t10-,11-. The summed E-state index contributed by atoms with van der Waals surface area (Å²) >= 11 is 0. The normalized spacial score (nSPS) is 25.4. The SMILES string of the molecule is CS(=O)(=O)O[C@H]1CC[C@H](N2C(=O)c3ccccc3C2=O)CC1. The predicted octanol–water partition coefficient (Wildman–Crippen LogP) is 1.57. The van der Waals surface area contributed by atoms with E-state index in [2.05, 4.69) is 0 Å². The molecular weight excluding hydrogens is 306 g/mol. The number of rotatable bonds is 3. The van der Waals surface area contributed by atoms with Crippen molar-refractivity contribution in [1.29, 1.82) is 0 Å². The van der Waals surface area contributed by atoms with E-state index >= 15 is 0 Å². The Labute approximate surface area is 129 Å². The number of benzene rings is 1. The topological polar surface area (TPSA) is 80.8 Å².